The van der Waals surface area contributed by atoms with Gasteiger partial charge in [0.05, 0.1) is 0 Å². The van der Waals surface area contributed by atoms with E-state index >= 15 is 0 Å². The summed E-state index contributed by atoms with van der Waals surface area (Å²) in [6.45, 7) is 2.27. The minimum absolute atomic E-state index is 0.247. The van der Waals surface area contributed by atoms with E-state index in [1.165, 1.54) is 77.0 Å². The fraction of sp³-hybridized carbons (Fsp3) is 0.577. The SMILES string of the molecule is CCCCCCCCC=CCCCCCCCC(=O)C=Cc1ccccc1. The molecule has 0 amide bonds. The number of carbonyl (C=O) groups is 1. The van der Waals surface area contributed by atoms with Crippen molar-refractivity contribution in [2.75, 3.05) is 0 Å². The highest BCUT2D eigenvalue weighted by Gasteiger charge is 1.97. The van der Waals surface area contributed by atoms with Crippen LogP contribution in [0.3, 0.4) is 0 Å². The van der Waals surface area contributed by atoms with Crippen molar-refractivity contribution in [3.63, 3.8) is 0 Å². The number of hydrogen-bond donors (Lipinski definition) is 0. The van der Waals surface area contributed by atoms with Gasteiger partial charge in [-0.05, 0) is 43.7 Å². The van der Waals surface area contributed by atoms with Crippen LogP contribution in [0, 0.1) is 0 Å². The van der Waals surface area contributed by atoms with Gasteiger partial charge in [0.25, 0.3) is 0 Å². The number of ketones is 1. The summed E-state index contributed by atoms with van der Waals surface area (Å²) >= 11 is 0. The highest BCUT2D eigenvalue weighted by atomic mass is 16.1. The average molecular weight is 369 g/mol. The quantitative estimate of drug-likeness (QED) is 0.153. The van der Waals surface area contributed by atoms with Gasteiger partial charge in [-0.1, -0.05) is 107 Å². The second kappa shape index (κ2) is 17.8. The molecule has 0 spiro atoms. The predicted octanol–water partition coefficient (Wildman–Crippen LogP) is 8.31. The summed E-state index contributed by atoms with van der Waals surface area (Å²) in [5.41, 5.74) is 1.09. The van der Waals surface area contributed by atoms with Gasteiger partial charge in [-0.25, -0.2) is 0 Å². The molecule has 27 heavy (non-hydrogen) atoms. The Morgan fingerprint density at radius 1 is 0.741 bits per heavy atom. The lowest BCUT2D eigenvalue weighted by Gasteiger charge is -2.00. The van der Waals surface area contributed by atoms with Crippen molar-refractivity contribution >= 4 is 11.9 Å². The largest absolute Gasteiger partial charge is 0.295 e. The van der Waals surface area contributed by atoms with Crippen molar-refractivity contribution < 1.29 is 4.79 Å². The molecule has 0 saturated heterocycles. The first-order valence-electron chi connectivity index (χ1n) is 11.2. The van der Waals surface area contributed by atoms with Crippen LogP contribution >= 0.6 is 0 Å². The van der Waals surface area contributed by atoms with Gasteiger partial charge in [-0.3, -0.25) is 4.79 Å². The minimum Gasteiger partial charge on any atom is -0.295 e. The molecule has 0 aliphatic heterocycles. The summed E-state index contributed by atoms with van der Waals surface area (Å²) in [5, 5.41) is 0. The Balaban J connectivity index is 1.86. The number of benzene rings is 1. The van der Waals surface area contributed by atoms with Gasteiger partial charge in [0, 0.05) is 6.42 Å². The first-order valence-corrected chi connectivity index (χ1v) is 11.2. The molecule has 0 heterocycles. The molecule has 1 aromatic carbocycles. The summed E-state index contributed by atoms with van der Waals surface area (Å²) in [6, 6.07) is 10.0. The molecule has 0 aliphatic carbocycles. The molecule has 0 fully saturated rings. The maximum absolute atomic E-state index is 11.9. The lowest BCUT2D eigenvalue weighted by molar-refractivity contribution is -0.114. The number of carbonyl (C=O) groups excluding carboxylic acids is 1. The fourth-order valence-electron chi connectivity index (χ4n) is 3.21. The van der Waals surface area contributed by atoms with E-state index in [0.717, 1.165) is 12.0 Å². The average Bonchev–Trinajstić information content (AvgIpc) is 2.70. The smallest absolute Gasteiger partial charge is 0.155 e. The summed E-state index contributed by atoms with van der Waals surface area (Å²) < 4.78 is 0. The third kappa shape index (κ3) is 15.2. The lowest BCUT2D eigenvalue weighted by Crippen LogP contribution is -1.92. The third-order valence-corrected chi connectivity index (χ3v) is 4.95. The number of rotatable bonds is 17. The van der Waals surface area contributed by atoms with Crippen molar-refractivity contribution in [3.8, 4) is 0 Å². The Bertz CT molecular complexity index is 512. The van der Waals surface area contributed by atoms with Crippen molar-refractivity contribution in [2.24, 2.45) is 0 Å². The zero-order valence-electron chi connectivity index (χ0n) is 17.5. The monoisotopic (exact) mass is 368 g/mol. The summed E-state index contributed by atoms with van der Waals surface area (Å²) in [4.78, 5) is 11.9. The molecular weight excluding hydrogens is 328 g/mol. The second-order valence-corrected chi connectivity index (χ2v) is 7.54. The zero-order chi connectivity index (χ0) is 19.4. The summed E-state index contributed by atoms with van der Waals surface area (Å²) in [7, 11) is 0. The molecular formula is C26H40O. The van der Waals surface area contributed by atoms with Crippen LogP contribution in [-0.4, -0.2) is 5.78 Å². The first kappa shape index (κ1) is 23.4. The van der Waals surface area contributed by atoms with Gasteiger partial charge < -0.3 is 0 Å². The molecule has 0 unspecified atom stereocenters. The van der Waals surface area contributed by atoms with Gasteiger partial charge in [0.1, 0.15) is 0 Å². The van der Waals surface area contributed by atoms with E-state index in [1.807, 2.05) is 36.4 Å². The zero-order valence-corrected chi connectivity index (χ0v) is 17.5. The summed E-state index contributed by atoms with van der Waals surface area (Å²) in [6.07, 6.45) is 25.9. The molecule has 1 heteroatoms. The maximum Gasteiger partial charge on any atom is 0.155 e. The maximum atomic E-state index is 11.9. The number of hydrogen-bond acceptors (Lipinski definition) is 1. The van der Waals surface area contributed by atoms with Crippen LogP contribution in [0.4, 0.5) is 0 Å². The van der Waals surface area contributed by atoms with E-state index in [2.05, 4.69) is 19.1 Å². The van der Waals surface area contributed by atoms with E-state index in [1.54, 1.807) is 6.08 Å². The fourth-order valence-corrected chi connectivity index (χ4v) is 3.21. The Morgan fingerprint density at radius 2 is 1.30 bits per heavy atom. The van der Waals surface area contributed by atoms with E-state index in [9.17, 15) is 4.79 Å². The Hall–Kier alpha value is -1.63. The molecule has 150 valence electrons. The third-order valence-electron chi connectivity index (χ3n) is 4.95. The van der Waals surface area contributed by atoms with Gasteiger partial charge in [0.15, 0.2) is 5.78 Å². The Morgan fingerprint density at radius 3 is 1.93 bits per heavy atom. The molecule has 0 N–H and O–H groups in total. The molecule has 0 saturated carbocycles. The topological polar surface area (TPSA) is 17.1 Å². The van der Waals surface area contributed by atoms with Crippen LogP contribution in [0.5, 0.6) is 0 Å². The molecule has 0 aromatic heterocycles. The minimum atomic E-state index is 0.247. The molecule has 1 aromatic rings. The summed E-state index contributed by atoms with van der Waals surface area (Å²) in [5.74, 6) is 0.247. The molecule has 0 aliphatic rings. The van der Waals surface area contributed by atoms with Gasteiger partial charge >= 0.3 is 0 Å². The van der Waals surface area contributed by atoms with Crippen LogP contribution in [0.15, 0.2) is 48.6 Å². The van der Waals surface area contributed by atoms with Gasteiger partial charge in [0.2, 0.25) is 0 Å². The molecule has 1 rings (SSSR count). The lowest BCUT2D eigenvalue weighted by atomic mass is 10.1. The molecule has 0 radical (unpaired) electrons. The van der Waals surface area contributed by atoms with Crippen LogP contribution in [0.2, 0.25) is 0 Å². The van der Waals surface area contributed by atoms with Crippen LogP contribution in [-0.2, 0) is 4.79 Å². The van der Waals surface area contributed by atoms with E-state index in [0.29, 0.717) is 6.42 Å². The van der Waals surface area contributed by atoms with Crippen LogP contribution in [0.25, 0.3) is 6.08 Å². The standard InChI is InChI=1S/C26H40O/c1-2-3-4-5-6-7-8-9-10-11-12-13-14-15-19-22-26(27)24-23-25-20-17-16-18-21-25/h9-10,16-18,20-21,23-24H,2-8,11-15,19,22H2,1H3. The van der Waals surface area contributed by atoms with Gasteiger partial charge in [-0.15, -0.1) is 0 Å². The Kier molecular flexibility index (Phi) is 15.4. The first-order chi connectivity index (χ1) is 13.3. The molecule has 0 atom stereocenters. The number of unbranched alkanes of at least 4 members (excludes halogenated alkanes) is 11. The van der Waals surface area contributed by atoms with E-state index in [4.69, 9.17) is 0 Å². The van der Waals surface area contributed by atoms with Crippen molar-refractivity contribution in [1.29, 1.82) is 0 Å². The van der Waals surface area contributed by atoms with Crippen molar-refractivity contribution in [2.45, 2.75) is 96.8 Å². The van der Waals surface area contributed by atoms with Crippen molar-refractivity contribution in [3.05, 3.63) is 54.1 Å². The Labute approximate surface area is 168 Å². The normalized spacial score (nSPS) is 11.6. The van der Waals surface area contributed by atoms with Crippen molar-refractivity contribution in [1.82, 2.24) is 0 Å². The van der Waals surface area contributed by atoms with Gasteiger partial charge in [-0.2, -0.15) is 0 Å². The number of allylic oxidation sites excluding steroid dienone is 3. The molecule has 0 bridgehead atoms. The van der Waals surface area contributed by atoms with E-state index < -0.39 is 0 Å². The molecule has 1 nitrogen and oxygen atoms in total. The highest BCUT2D eigenvalue weighted by Crippen LogP contribution is 2.10. The van der Waals surface area contributed by atoms with Crippen LogP contribution in [0.1, 0.15) is 102 Å². The predicted molar refractivity (Wildman–Crippen MR) is 120 cm³/mol. The van der Waals surface area contributed by atoms with E-state index in [-0.39, 0.29) is 5.78 Å². The van der Waals surface area contributed by atoms with Crippen LogP contribution < -0.4 is 0 Å². The second-order valence-electron chi connectivity index (χ2n) is 7.54. The highest BCUT2D eigenvalue weighted by molar-refractivity contribution is 5.93.